The molecule has 1 aliphatic rings. The van der Waals surface area contributed by atoms with Gasteiger partial charge in [-0.15, -0.1) is 0 Å². The van der Waals surface area contributed by atoms with Gasteiger partial charge in [0.25, 0.3) is 0 Å². The maximum Gasteiger partial charge on any atom is 0.247 e. The standard InChI is InChI=1S/C26H31N3O3S/c1-17(2)12-13-27-25(31)24-23-20-10-5-6-11-21(20)28(3)26(23)33-16-22(30)29(24)15-18-8-7-9-19(14-18)32-4/h5-11,14,17,24H,12-13,15-16H2,1-4H3,(H,27,31)/t24-/m0/s1. The Morgan fingerprint density at radius 2 is 2.00 bits per heavy atom. The molecule has 0 unspecified atom stereocenters. The number of hydrogen-bond donors (Lipinski definition) is 1. The number of aromatic nitrogens is 1. The third-order valence-electron chi connectivity index (χ3n) is 6.08. The smallest absolute Gasteiger partial charge is 0.247 e. The normalized spacial score (nSPS) is 16.1. The van der Waals surface area contributed by atoms with E-state index in [1.165, 1.54) is 11.8 Å². The van der Waals surface area contributed by atoms with Gasteiger partial charge >= 0.3 is 0 Å². The fourth-order valence-electron chi connectivity index (χ4n) is 4.35. The summed E-state index contributed by atoms with van der Waals surface area (Å²) in [6.45, 7) is 5.19. The number of ether oxygens (including phenoxy) is 1. The van der Waals surface area contributed by atoms with Gasteiger partial charge in [-0.25, -0.2) is 0 Å². The number of fused-ring (bicyclic) bond motifs is 3. The number of amides is 2. The van der Waals surface area contributed by atoms with E-state index in [1.54, 1.807) is 12.0 Å². The maximum absolute atomic E-state index is 13.7. The van der Waals surface area contributed by atoms with E-state index in [4.69, 9.17) is 4.74 Å². The number of carbonyl (C=O) groups excluding carboxylic acids is 2. The predicted octanol–water partition coefficient (Wildman–Crippen LogP) is 4.52. The molecular formula is C26H31N3O3S. The van der Waals surface area contributed by atoms with Crippen LogP contribution in [0, 0.1) is 5.92 Å². The summed E-state index contributed by atoms with van der Waals surface area (Å²) in [6, 6.07) is 15.1. The zero-order valence-corrected chi connectivity index (χ0v) is 20.4. The number of nitrogens with zero attached hydrogens (tertiary/aromatic N) is 2. The lowest BCUT2D eigenvalue weighted by molar-refractivity contribution is -0.139. The topological polar surface area (TPSA) is 63.6 Å². The van der Waals surface area contributed by atoms with Crippen LogP contribution in [0.1, 0.15) is 37.4 Å². The van der Waals surface area contributed by atoms with Crippen molar-refractivity contribution >= 4 is 34.5 Å². The molecule has 0 radical (unpaired) electrons. The van der Waals surface area contributed by atoms with Gasteiger partial charge in [0.05, 0.1) is 17.9 Å². The van der Waals surface area contributed by atoms with Crippen LogP contribution >= 0.6 is 11.8 Å². The van der Waals surface area contributed by atoms with Gasteiger partial charge in [0.1, 0.15) is 11.8 Å². The molecule has 3 aromatic rings. The van der Waals surface area contributed by atoms with Gasteiger partial charge < -0.3 is 19.5 Å². The lowest BCUT2D eigenvalue weighted by atomic mass is 10.0. The van der Waals surface area contributed by atoms with E-state index >= 15 is 0 Å². The Balaban J connectivity index is 1.80. The molecule has 0 fully saturated rings. The molecule has 1 aromatic heterocycles. The Kier molecular flexibility index (Phi) is 6.98. The SMILES string of the molecule is COc1cccc(CN2C(=O)CSc3c(c4ccccc4n3C)[C@H]2C(=O)NCCC(C)C)c1. The van der Waals surface area contributed by atoms with Gasteiger partial charge in [-0.05, 0) is 36.1 Å². The average Bonchev–Trinajstić information content (AvgIpc) is 2.99. The fourth-order valence-corrected chi connectivity index (χ4v) is 5.45. The summed E-state index contributed by atoms with van der Waals surface area (Å²) in [5, 5.41) is 5.09. The van der Waals surface area contributed by atoms with Crippen LogP contribution in [-0.2, 0) is 23.2 Å². The van der Waals surface area contributed by atoms with Crippen molar-refractivity contribution in [2.24, 2.45) is 13.0 Å². The summed E-state index contributed by atoms with van der Waals surface area (Å²) in [6.07, 6.45) is 0.888. The van der Waals surface area contributed by atoms with Gasteiger partial charge in [0, 0.05) is 36.6 Å². The number of para-hydroxylation sites is 1. The number of methoxy groups -OCH3 is 1. The van der Waals surface area contributed by atoms with Crippen molar-refractivity contribution in [3.63, 3.8) is 0 Å². The molecule has 2 heterocycles. The van der Waals surface area contributed by atoms with Crippen molar-refractivity contribution in [1.82, 2.24) is 14.8 Å². The number of carbonyl (C=O) groups is 2. The summed E-state index contributed by atoms with van der Waals surface area (Å²) in [7, 11) is 3.63. The number of nitrogens with one attached hydrogen (secondary N) is 1. The Labute approximate surface area is 199 Å². The van der Waals surface area contributed by atoms with Crippen molar-refractivity contribution < 1.29 is 14.3 Å². The molecule has 1 N–H and O–H groups in total. The second-order valence-corrected chi connectivity index (χ2v) is 9.80. The first-order valence-electron chi connectivity index (χ1n) is 11.3. The van der Waals surface area contributed by atoms with Crippen LogP contribution in [0.3, 0.4) is 0 Å². The van der Waals surface area contributed by atoms with Crippen LogP contribution in [-0.4, -0.2) is 40.7 Å². The summed E-state index contributed by atoms with van der Waals surface area (Å²) in [5.41, 5.74) is 2.90. The summed E-state index contributed by atoms with van der Waals surface area (Å²) in [5.74, 6) is 1.32. The van der Waals surface area contributed by atoms with Crippen LogP contribution in [0.5, 0.6) is 5.75 Å². The summed E-state index contributed by atoms with van der Waals surface area (Å²) in [4.78, 5) is 28.8. The minimum absolute atomic E-state index is 0.0490. The second-order valence-electron chi connectivity index (χ2n) is 8.83. The van der Waals surface area contributed by atoms with E-state index in [9.17, 15) is 9.59 Å². The number of aryl methyl sites for hydroxylation is 1. The Morgan fingerprint density at radius 1 is 1.21 bits per heavy atom. The van der Waals surface area contributed by atoms with E-state index in [2.05, 4.69) is 29.8 Å². The monoisotopic (exact) mass is 465 g/mol. The highest BCUT2D eigenvalue weighted by molar-refractivity contribution is 8.00. The largest absolute Gasteiger partial charge is 0.497 e. The first kappa shape index (κ1) is 23.2. The number of hydrogen-bond acceptors (Lipinski definition) is 4. The molecule has 4 rings (SSSR count). The van der Waals surface area contributed by atoms with Gasteiger partial charge in [0.15, 0.2) is 0 Å². The number of rotatable bonds is 7. The molecule has 1 aliphatic heterocycles. The van der Waals surface area contributed by atoms with E-state index in [0.717, 1.165) is 39.2 Å². The lowest BCUT2D eigenvalue weighted by Gasteiger charge is -2.30. The van der Waals surface area contributed by atoms with Gasteiger partial charge in [-0.3, -0.25) is 9.59 Å². The molecule has 0 bridgehead atoms. The van der Waals surface area contributed by atoms with Crippen molar-refractivity contribution in [2.45, 2.75) is 37.9 Å². The molecule has 2 amide bonds. The highest BCUT2D eigenvalue weighted by Crippen LogP contribution is 2.42. The molecule has 7 heteroatoms. The van der Waals surface area contributed by atoms with Gasteiger partial charge in [-0.1, -0.05) is 55.9 Å². The van der Waals surface area contributed by atoms with Crippen molar-refractivity contribution in [3.05, 3.63) is 59.7 Å². The van der Waals surface area contributed by atoms with E-state index < -0.39 is 6.04 Å². The first-order chi connectivity index (χ1) is 15.9. The maximum atomic E-state index is 13.7. The van der Waals surface area contributed by atoms with Crippen LogP contribution in [0.25, 0.3) is 10.9 Å². The quantitative estimate of drug-likeness (QED) is 0.557. The number of thioether (sulfide) groups is 1. The third kappa shape index (κ3) is 4.74. The Morgan fingerprint density at radius 3 is 2.76 bits per heavy atom. The van der Waals surface area contributed by atoms with Crippen molar-refractivity contribution in [2.75, 3.05) is 19.4 Å². The van der Waals surface area contributed by atoms with Crippen LogP contribution in [0.15, 0.2) is 53.6 Å². The summed E-state index contributed by atoms with van der Waals surface area (Å²) < 4.78 is 7.48. The average molecular weight is 466 g/mol. The van der Waals surface area contributed by atoms with E-state index in [0.29, 0.717) is 19.0 Å². The molecular weight excluding hydrogens is 434 g/mol. The Hall–Kier alpha value is -2.93. The number of benzene rings is 2. The zero-order chi connectivity index (χ0) is 23.5. The third-order valence-corrected chi connectivity index (χ3v) is 7.24. The zero-order valence-electron chi connectivity index (χ0n) is 19.6. The van der Waals surface area contributed by atoms with E-state index in [-0.39, 0.29) is 17.6 Å². The molecule has 0 spiro atoms. The van der Waals surface area contributed by atoms with Gasteiger partial charge in [-0.2, -0.15) is 0 Å². The van der Waals surface area contributed by atoms with Crippen molar-refractivity contribution in [1.29, 1.82) is 0 Å². The molecule has 0 aliphatic carbocycles. The molecule has 1 atom stereocenters. The fraction of sp³-hybridized carbons (Fsp3) is 0.385. The van der Waals surface area contributed by atoms with Gasteiger partial charge in [0.2, 0.25) is 11.8 Å². The summed E-state index contributed by atoms with van der Waals surface area (Å²) >= 11 is 1.51. The minimum Gasteiger partial charge on any atom is -0.497 e. The minimum atomic E-state index is -0.702. The van der Waals surface area contributed by atoms with Crippen LogP contribution in [0.2, 0.25) is 0 Å². The second kappa shape index (κ2) is 9.91. The first-order valence-corrected chi connectivity index (χ1v) is 12.3. The van der Waals surface area contributed by atoms with E-state index in [1.807, 2.05) is 49.5 Å². The molecule has 33 heavy (non-hydrogen) atoms. The highest BCUT2D eigenvalue weighted by Gasteiger charge is 2.38. The molecule has 0 saturated heterocycles. The Bertz CT molecular complexity index is 1170. The predicted molar refractivity (Wildman–Crippen MR) is 132 cm³/mol. The van der Waals surface area contributed by atoms with Crippen LogP contribution < -0.4 is 10.1 Å². The molecule has 0 saturated carbocycles. The molecule has 174 valence electrons. The highest BCUT2D eigenvalue weighted by atomic mass is 32.2. The van der Waals surface area contributed by atoms with Crippen LogP contribution in [0.4, 0.5) is 0 Å². The van der Waals surface area contributed by atoms with Crippen molar-refractivity contribution in [3.8, 4) is 5.75 Å². The molecule has 2 aromatic carbocycles. The molecule has 6 nitrogen and oxygen atoms in total. The lowest BCUT2D eigenvalue weighted by Crippen LogP contribution is -2.43.